The van der Waals surface area contributed by atoms with Crippen molar-refractivity contribution in [2.75, 3.05) is 6.61 Å². The zero-order valence-electron chi connectivity index (χ0n) is 16.6. The van der Waals surface area contributed by atoms with Gasteiger partial charge >= 0.3 is 0 Å². The van der Waals surface area contributed by atoms with E-state index in [4.69, 9.17) is 9.47 Å². The molecule has 2 nitrogen and oxygen atoms in total. The Morgan fingerprint density at radius 1 is 1.08 bits per heavy atom. The first kappa shape index (κ1) is 21.0. The third-order valence-corrected chi connectivity index (χ3v) is 5.26. The van der Waals surface area contributed by atoms with Gasteiger partial charge in [-0.25, -0.2) is 0 Å². The predicted octanol–water partition coefficient (Wildman–Crippen LogP) is 6.64. The highest BCUT2D eigenvalue weighted by molar-refractivity contribution is 5.24. The van der Waals surface area contributed by atoms with E-state index in [0.29, 0.717) is 11.7 Å². The van der Waals surface area contributed by atoms with E-state index in [-0.39, 0.29) is 11.7 Å². The minimum Gasteiger partial charge on any atom is -0.466 e. The van der Waals surface area contributed by atoms with Gasteiger partial charge in [0.25, 0.3) is 0 Å². The van der Waals surface area contributed by atoms with Gasteiger partial charge in [-0.3, -0.25) is 0 Å². The Kier molecular flexibility index (Phi) is 8.83. The largest absolute Gasteiger partial charge is 0.466 e. The molecule has 1 rings (SSSR count). The Balaban J connectivity index is 2.25. The van der Waals surface area contributed by atoms with Crippen molar-refractivity contribution < 1.29 is 9.47 Å². The molecule has 0 aromatic carbocycles. The average molecular weight is 335 g/mol. The van der Waals surface area contributed by atoms with Crippen LogP contribution in [0.25, 0.3) is 0 Å². The zero-order chi connectivity index (χ0) is 18.2. The van der Waals surface area contributed by atoms with E-state index in [9.17, 15) is 0 Å². The van der Waals surface area contributed by atoms with E-state index in [1.165, 1.54) is 32.1 Å². The molecule has 0 aliphatic heterocycles. The van der Waals surface area contributed by atoms with Crippen LogP contribution in [0.1, 0.15) is 73.1 Å². The van der Waals surface area contributed by atoms with Crippen molar-refractivity contribution in [3.8, 4) is 0 Å². The van der Waals surface area contributed by atoms with E-state index in [1.807, 2.05) is 19.1 Å². The van der Waals surface area contributed by atoms with Crippen LogP contribution in [-0.4, -0.2) is 12.9 Å². The molecule has 0 N–H and O–H groups in total. The van der Waals surface area contributed by atoms with Crippen molar-refractivity contribution in [3.05, 3.63) is 36.6 Å². The molecule has 2 atom stereocenters. The first-order valence-electron chi connectivity index (χ1n) is 9.54. The lowest BCUT2D eigenvalue weighted by atomic mass is 9.78. The van der Waals surface area contributed by atoms with Crippen LogP contribution in [0.15, 0.2) is 36.6 Å². The Labute approximate surface area is 150 Å². The maximum Gasteiger partial charge on any atom is 0.196 e. The van der Waals surface area contributed by atoms with Gasteiger partial charge in [0.2, 0.25) is 0 Å². The van der Waals surface area contributed by atoms with Crippen LogP contribution in [0.2, 0.25) is 0 Å². The maximum atomic E-state index is 5.78. The lowest BCUT2D eigenvalue weighted by Gasteiger charge is -2.27. The van der Waals surface area contributed by atoms with E-state index < -0.39 is 0 Å². The number of hydrogen-bond donors (Lipinski definition) is 0. The van der Waals surface area contributed by atoms with Crippen molar-refractivity contribution in [2.24, 2.45) is 17.3 Å². The number of allylic oxidation sites excluding steroid dienone is 3. The quantitative estimate of drug-likeness (QED) is 0.267. The molecule has 2 heteroatoms. The van der Waals surface area contributed by atoms with Crippen LogP contribution in [0.4, 0.5) is 0 Å². The highest BCUT2D eigenvalue weighted by Gasteiger charge is 2.21. The van der Waals surface area contributed by atoms with Gasteiger partial charge in [0.05, 0.1) is 6.61 Å². The molecule has 0 aromatic heterocycles. The fourth-order valence-electron chi connectivity index (χ4n) is 3.06. The smallest absolute Gasteiger partial charge is 0.196 e. The van der Waals surface area contributed by atoms with Gasteiger partial charge in [0.1, 0.15) is 5.76 Å². The summed E-state index contributed by atoms with van der Waals surface area (Å²) >= 11 is 0. The van der Waals surface area contributed by atoms with Gasteiger partial charge in [-0.1, -0.05) is 84.6 Å². The van der Waals surface area contributed by atoms with E-state index >= 15 is 0 Å². The van der Waals surface area contributed by atoms with Gasteiger partial charge in [-0.15, -0.1) is 0 Å². The molecule has 1 saturated carbocycles. The highest BCUT2D eigenvalue weighted by atomic mass is 16.7. The van der Waals surface area contributed by atoms with E-state index in [0.717, 1.165) is 24.5 Å². The average Bonchev–Trinajstić information content (AvgIpc) is 2.52. The Morgan fingerprint density at radius 2 is 1.71 bits per heavy atom. The number of ether oxygens (including phenoxy) is 2. The van der Waals surface area contributed by atoms with Crippen molar-refractivity contribution in [1.29, 1.82) is 0 Å². The lowest BCUT2D eigenvalue weighted by Crippen LogP contribution is -2.18. The third kappa shape index (κ3) is 8.19. The van der Waals surface area contributed by atoms with Gasteiger partial charge in [0.15, 0.2) is 6.29 Å². The standard InChI is InChI=1S/C22H38O2/c1-17(19(3)22(5,6)7)13-14-18(2)24-20(4)23-16-15-21-11-9-8-10-12-21/h13-14,19-21H,1-2,8-12,15-16H2,3-7H3/b14-13-. The lowest BCUT2D eigenvalue weighted by molar-refractivity contribution is -0.103. The number of hydrogen-bond acceptors (Lipinski definition) is 2. The van der Waals surface area contributed by atoms with E-state index in [2.05, 4.69) is 40.9 Å². The summed E-state index contributed by atoms with van der Waals surface area (Å²) in [6, 6.07) is 0. The van der Waals surface area contributed by atoms with Gasteiger partial charge in [-0.2, -0.15) is 0 Å². The molecule has 0 aromatic rings. The molecular weight excluding hydrogens is 296 g/mol. The zero-order valence-corrected chi connectivity index (χ0v) is 16.6. The Hall–Kier alpha value is -1.02. The van der Waals surface area contributed by atoms with Crippen LogP contribution in [-0.2, 0) is 9.47 Å². The molecule has 1 aliphatic rings. The summed E-state index contributed by atoms with van der Waals surface area (Å²) in [5, 5.41) is 0. The van der Waals surface area contributed by atoms with Crippen LogP contribution in [0, 0.1) is 17.3 Å². The van der Waals surface area contributed by atoms with Gasteiger partial charge < -0.3 is 9.47 Å². The summed E-state index contributed by atoms with van der Waals surface area (Å²) < 4.78 is 11.5. The second-order valence-corrected chi connectivity index (χ2v) is 8.31. The second kappa shape index (κ2) is 10.1. The SMILES string of the molecule is C=C(/C=C\C(=C)C(C)C(C)(C)C)OC(C)OCCC1CCCCC1. The summed E-state index contributed by atoms with van der Waals surface area (Å²) in [5.41, 5.74) is 1.30. The Morgan fingerprint density at radius 3 is 2.29 bits per heavy atom. The topological polar surface area (TPSA) is 18.5 Å². The minimum absolute atomic E-state index is 0.207. The van der Waals surface area contributed by atoms with Crippen LogP contribution >= 0.6 is 0 Å². The molecule has 0 spiro atoms. The summed E-state index contributed by atoms with van der Waals surface area (Å²) in [5.74, 6) is 1.88. The molecule has 2 unspecified atom stereocenters. The fourth-order valence-corrected chi connectivity index (χ4v) is 3.06. The van der Waals surface area contributed by atoms with Crippen molar-refractivity contribution in [1.82, 2.24) is 0 Å². The maximum absolute atomic E-state index is 5.78. The van der Waals surface area contributed by atoms with Gasteiger partial charge in [0, 0.05) is 0 Å². The van der Waals surface area contributed by atoms with Crippen molar-refractivity contribution >= 4 is 0 Å². The highest BCUT2D eigenvalue weighted by Crippen LogP contribution is 2.31. The monoisotopic (exact) mass is 334 g/mol. The van der Waals surface area contributed by atoms with Crippen LogP contribution in [0.5, 0.6) is 0 Å². The first-order valence-corrected chi connectivity index (χ1v) is 9.54. The van der Waals surface area contributed by atoms with Crippen LogP contribution < -0.4 is 0 Å². The molecule has 0 saturated heterocycles. The Bertz CT molecular complexity index is 422. The first-order chi connectivity index (χ1) is 11.2. The van der Waals surface area contributed by atoms with Crippen LogP contribution in [0.3, 0.4) is 0 Å². The molecule has 138 valence electrons. The molecule has 0 radical (unpaired) electrons. The summed E-state index contributed by atoms with van der Waals surface area (Å²) in [6.45, 7) is 19.7. The summed E-state index contributed by atoms with van der Waals surface area (Å²) in [7, 11) is 0. The normalized spacial score (nSPS) is 19.2. The third-order valence-electron chi connectivity index (χ3n) is 5.26. The predicted molar refractivity (Wildman–Crippen MR) is 104 cm³/mol. The summed E-state index contributed by atoms with van der Waals surface area (Å²) in [4.78, 5) is 0. The number of rotatable bonds is 9. The van der Waals surface area contributed by atoms with Crippen molar-refractivity contribution in [2.45, 2.75) is 79.4 Å². The summed E-state index contributed by atoms with van der Waals surface area (Å²) in [6.07, 6.45) is 11.7. The molecule has 0 heterocycles. The molecule has 0 amide bonds. The molecule has 1 aliphatic carbocycles. The minimum atomic E-state index is -0.251. The molecule has 0 bridgehead atoms. The molecular formula is C22H38O2. The van der Waals surface area contributed by atoms with Gasteiger partial charge in [-0.05, 0) is 36.7 Å². The molecule has 1 fully saturated rings. The molecule has 24 heavy (non-hydrogen) atoms. The second-order valence-electron chi connectivity index (χ2n) is 8.31. The van der Waals surface area contributed by atoms with E-state index in [1.54, 1.807) is 0 Å². The van der Waals surface area contributed by atoms with Crippen molar-refractivity contribution in [3.63, 3.8) is 0 Å². The fraction of sp³-hybridized carbons (Fsp3) is 0.727.